The molecule has 0 saturated carbocycles. The second-order valence-corrected chi connectivity index (χ2v) is 38.3. The van der Waals surface area contributed by atoms with Gasteiger partial charge in [0.1, 0.15) is 67.0 Å². The van der Waals surface area contributed by atoms with E-state index < -0.39 is 0 Å². The Morgan fingerprint density at radius 1 is 0.145 bits per heavy atom. The molecule has 0 bridgehead atoms. The molecule has 0 aliphatic rings. The number of fused-ring (bicyclic) bond motifs is 27. The van der Waals surface area contributed by atoms with E-state index in [4.69, 9.17) is 26.5 Å². The van der Waals surface area contributed by atoms with E-state index in [0.29, 0.717) is 0 Å². The van der Waals surface area contributed by atoms with Gasteiger partial charge in [0.25, 0.3) is 0 Å². The largest absolute Gasteiger partial charge is 0.456 e. The summed E-state index contributed by atoms with van der Waals surface area (Å²) in [7, 11) is 0. The SMILES string of the molecule is c1ccc2c(c1)oc1cc(N(c3ccc4c(c3)oc3ccccc34)c3ccc4c(c3)oc3ccccc34)ccc12.c1ccc2c(c1)oc1ccc(-c3ccc(N(c4ccc(-c5ccc6oc7ccccc7c6c5)cc4)c4ccc(-c5cccc6c5oc5ccccc56)cc4)cc3)cc12.c1ccc2c(c1)sc1c(N(c3cccc4c3sc3ccccc34)c3cccc4c3sc3ccccc34)cccc12. The lowest BCUT2D eigenvalue weighted by Gasteiger charge is -2.27. The first-order valence-electron chi connectivity index (χ1n) is 46.3. The first kappa shape index (κ1) is 79.1. The van der Waals surface area contributed by atoms with Crippen LogP contribution in [0.25, 0.3) is 226 Å². The van der Waals surface area contributed by atoms with Crippen molar-refractivity contribution in [2.75, 3.05) is 14.7 Å². The number of para-hydroxylation sites is 7. The number of benzene rings is 21. The van der Waals surface area contributed by atoms with Crippen molar-refractivity contribution in [2.45, 2.75) is 0 Å². The summed E-state index contributed by atoms with van der Waals surface area (Å²) in [5.41, 5.74) is 27.2. The highest BCUT2D eigenvalue weighted by molar-refractivity contribution is 7.27. The molecule has 12 heteroatoms. The van der Waals surface area contributed by atoms with E-state index in [-0.39, 0.29) is 0 Å². The number of furan rings is 6. The van der Waals surface area contributed by atoms with Crippen LogP contribution >= 0.6 is 34.0 Å². The zero-order valence-corrected chi connectivity index (χ0v) is 76.3. The molecular weight excluding hydrogens is 1750 g/mol. The first-order chi connectivity index (χ1) is 68.4. The van der Waals surface area contributed by atoms with Crippen molar-refractivity contribution in [2.24, 2.45) is 0 Å². The molecule has 0 N–H and O–H groups in total. The molecule has 9 heterocycles. The van der Waals surface area contributed by atoms with Gasteiger partial charge in [-0.1, -0.05) is 267 Å². The second kappa shape index (κ2) is 32.1. The van der Waals surface area contributed by atoms with Gasteiger partial charge in [0, 0.05) is 169 Å². The lowest BCUT2D eigenvalue weighted by atomic mass is 10.0. The topological polar surface area (TPSA) is 88.6 Å². The van der Waals surface area contributed by atoms with Crippen LogP contribution in [0, 0.1) is 0 Å². The van der Waals surface area contributed by atoms with Gasteiger partial charge in [-0.05, 0) is 198 Å². The molecule has 30 aromatic rings. The monoisotopic (exact) mass is 1820 g/mol. The van der Waals surface area contributed by atoms with Gasteiger partial charge in [0.2, 0.25) is 0 Å². The molecule has 21 aromatic carbocycles. The third-order valence-electron chi connectivity index (χ3n) is 27.2. The maximum Gasteiger partial charge on any atom is 0.143 e. The molecule has 0 aliphatic carbocycles. The fourth-order valence-electron chi connectivity index (χ4n) is 20.8. The van der Waals surface area contributed by atoms with E-state index in [0.717, 1.165) is 199 Å². The van der Waals surface area contributed by atoms with E-state index >= 15 is 0 Å². The van der Waals surface area contributed by atoms with Gasteiger partial charge in [0.05, 0.1) is 31.2 Å². The Bertz CT molecular complexity index is 9420. The Morgan fingerprint density at radius 3 is 0.768 bits per heavy atom. The van der Waals surface area contributed by atoms with E-state index in [9.17, 15) is 0 Å². The predicted octanol–water partition coefficient (Wildman–Crippen LogP) is 39.0. The number of anilines is 9. The zero-order valence-electron chi connectivity index (χ0n) is 73.8. The van der Waals surface area contributed by atoms with Gasteiger partial charge in [-0.3, -0.25) is 0 Å². The summed E-state index contributed by atoms with van der Waals surface area (Å²) in [6.45, 7) is 0. The van der Waals surface area contributed by atoms with Crippen molar-refractivity contribution in [1.82, 2.24) is 0 Å². The van der Waals surface area contributed by atoms with Crippen LogP contribution in [0.15, 0.2) is 481 Å². The normalized spacial score (nSPS) is 11.9. The Balaban J connectivity index is 0.000000105. The fourth-order valence-corrected chi connectivity index (χ4v) is 24.4. The van der Waals surface area contributed by atoms with Gasteiger partial charge in [-0.2, -0.15) is 0 Å². The summed E-state index contributed by atoms with van der Waals surface area (Å²) < 4.78 is 45.4. The lowest BCUT2D eigenvalue weighted by molar-refractivity contribution is 0.668. The van der Waals surface area contributed by atoms with Crippen LogP contribution < -0.4 is 14.7 Å². The summed E-state index contributed by atoms with van der Waals surface area (Å²) in [6, 6.07) is 161. The van der Waals surface area contributed by atoms with Crippen molar-refractivity contribution in [3.8, 4) is 33.4 Å². The molecule has 138 heavy (non-hydrogen) atoms. The van der Waals surface area contributed by atoms with E-state index in [1.807, 2.05) is 125 Å². The third kappa shape index (κ3) is 13.2. The summed E-state index contributed by atoms with van der Waals surface area (Å²) in [4.78, 5) is 7.08. The molecule has 0 radical (unpaired) electrons. The summed E-state index contributed by atoms with van der Waals surface area (Å²) in [5, 5.41) is 21.3. The Morgan fingerprint density at radius 2 is 0.399 bits per heavy atom. The van der Waals surface area contributed by atoms with Gasteiger partial charge < -0.3 is 41.2 Å². The Labute approximate surface area is 800 Å². The molecule has 0 aliphatic heterocycles. The van der Waals surface area contributed by atoms with Crippen molar-refractivity contribution in [3.05, 3.63) is 455 Å². The number of hydrogen-bond acceptors (Lipinski definition) is 12. The minimum Gasteiger partial charge on any atom is -0.456 e. The van der Waals surface area contributed by atoms with E-state index in [1.54, 1.807) is 0 Å². The summed E-state index contributed by atoms with van der Waals surface area (Å²) in [5.74, 6) is 0. The van der Waals surface area contributed by atoms with Crippen LogP contribution in [0.2, 0.25) is 0 Å². The van der Waals surface area contributed by atoms with Crippen LogP contribution in [-0.4, -0.2) is 0 Å². The van der Waals surface area contributed by atoms with Crippen LogP contribution in [0.3, 0.4) is 0 Å². The molecule has 30 rings (SSSR count). The number of nitrogens with zero attached hydrogens (tertiary/aromatic N) is 3. The van der Waals surface area contributed by atoms with Gasteiger partial charge in [-0.25, -0.2) is 0 Å². The van der Waals surface area contributed by atoms with Crippen molar-refractivity contribution < 1.29 is 26.5 Å². The van der Waals surface area contributed by atoms with Crippen LogP contribution in [-0.2, 0) is 0 Å². The maximum atomic E-state index is 6.41. The molecular formula is C126H75N3O6S3. The third-order valence-corrected chi connectivity index (χ3v) is 30.9. The molecule has 0 fully saturated rings. The minimum absolute atomic E-state index is 0.846. The first-order valence-corrected chi connectivity index (χ1v) is 48.7. The van der Waals surface area contributed by atoms with Crippen molar-refractivity contribution >= 4 is 277 Å². The van der Waals surface area contributed by atoms with Gasteiger partial charge in [-0.15, -0.1) is 34.0 Å². The van der Waals surface area contributed by atoms with Gasteiger partial charge >= 0.3 is 0 Å². The van der Waals surface area contributed by atoms with Crippen LogP contribution in [0.1, 0.15) is 0 Å². The van der Waals surface area contributed by atoms with E-state index in [2.05, 4.69) is 379 Å². The Hall–Kier alpha value is -17.5. The number of hydrogen-bond donors (Lipinski definition) is 0. The second-order valence-electron chi connectivity index (χ2n) is 35.1. The maximum absolute atomic E-state index is 6.41. The molecule has 0 saturated heterocycles. The molecule has 0 spiro atoms. The summed E-state index contributed by atoms with van der Waals surface area (Å²) >= 11 is 5.68. The van der Waals surface area contributed by atoms with Crippen LogP contribution in [0.5, 0.6) is 0 Å². The minimum atomic E-state index is 0.846. The summed E-state index contributed by atoms with van der Waals surface area (Å²) in [6.07, 6.45) is 0. The predicted molar refractivity (Wildman–Crippen MR) is 582 cm³/mol. The molecule has 9 aromatic heterocycles. The smallest absolute Gasteiger partial charge is 0.143 e. The average Bonchev–Trinajstić information content (AvgIpc) is 1.55. The van der Waals surface area contributed by atoms with Crippen molar-refractivity contribution in [3.63, 3.8) is 0 Å². The fraction of sp³-hybridized carbons (Fsp3) is 0. The Kier molecular flexibility index (Phi) is 18.4. The molecule has 0 atom stereocenters. The zero-order chi connectivity index (χ0) is 90.6. The number of rotatable bonds is 12. The lowest BCUT2D eigenvalue weighted by Crippen LogP contribution is -2.10. The number of thiophene rings is 3. The van der Waals surface area contributed by atoms with Gasteiger partial charge in [0.15, 0.2) is 0 Å². The van der Waals surface area contributed by atoms with Crippen molar-refractivity contribution in [1.29, 1.82) is 0 Å². The highest BCUT2D eigenvalue weighted by atomic mass is 32.1. The molecule has 9 nitrogen and oxygen atoms in total. The molecule has 648 valence electrons. The quantitative estimate of drug-likeness (QED) is 0.119. The highest BCUT2D eigenvalue weighted by Crippen LogP contribution is 2.54. The highest BCUT2D eigenvalue weighted by Gasteiger charge is 2.27. The average molecular weight is 1820 g/mol. The van der Waals surface area contributed by atoms with E-state index in [1.165, 1.54) is 77.6 Å². The van der Waals surface area contributed by atoms with Crippen LogP contribution in [0.4, 0.5) is 51.2 Å². The molecule has 0 amide bonds. The molecule has 0 unspecified atom stereocenters. The standard InChI is InChI=1S/C54H33NO3.C36H21NO3.C36H21NS3/c1-6-15-51-43(8-1)46-12-7-11-42(54(46)58-51)36-20-28-41(29-21-36)55(39-24-16-34(17-25-39)37-22-30-52-47(32-37)44-9-2-4-13-49(44)56-52)40-26-18-35(19-27-40)38-23-31-53-48(33-38)45-10-3-5-14-50(45)57-53;1-4-10-31-25(7-1)28-16-13-22(19-34(28)38-31)37(23-14-17-29-26-8-2-5-11-32(26)39-35(29)20-23)24-15-18-30-27-9-3-6-12-33(27)40-36(30)21-24;1-4-19-31-22(10-1)25-13-7-16-28(34(25)38-31)37(29-17-8-14-26-23-11-2-5-20-32(23)39-35(26)29)30-18-9-15-27-24-12-3-6-21-33(24)40-36(27)30/h1-33H;2*1-21H.